The molecule has 0 aliphatic heterocycles. The van der Waals surface area contributed by atoms with E-state index in [0.717, 1.165) is 53.4 Å². The highest BCUT2D eigenvalue weighted by Gasteiger charge is 2.25. The zero-order valence-electron chi connectivity index (χ0n) is 17.1. The summed E-state index contributed by atoms with van der Waals surface area (Å²) in [5.41, 5.74) is 5.59. The normalized spacial score (nSPS) is 13.3. The van der Waals surface area contributed by atoms with Crippen LogP contribution < -0.4 is 10.6 Å². The maximum Gasteiger partial charge on any atom is 0.254 e. The van der Waals surface area contributed by atoms with Crippen molar-refractivity contribution >= 4 is 22.5 Å². The molecule has 156 valence electrons. The third-order valence-electron chi connectivity index (χ3n) is 5.55. The molecule has 0 bridgehead atoms. The maximum atomic E-state index is 13.0. The van der Waals surface area contributed by atoms with Gasteiger partial charge in [0.25, 0.3) is 5.91 Å². The summed E-state index contributed by atoms with van der Waals surface area (Å²) >= 11 is 0. The van der Waals surface area contributed by atoms with Gasteiger partial charge in [-0.15, -0.1) is 0 Å². The summed E-state index contributed by atoms with van der Waals surface area (Å²) in [6.07, 6.45) is 12.9. The molecule has 7 nitrogen and oxygen atoms in total. The van der Waals surface area contributed by atoms with Gasteiger partial charge in [0.2, 0.25) is 0 Å². The van der Waals surface area contributed by atoms with Crippen LogP contribution >= 0.6 is 0 Å². The Morgan fingerprint density at radius 3 is 2.74 bits per heavy atom. The molecule has 1 saturated carbocycles. The first-order chi connectivity index (χ1) is 15.3. The third kappa shape index (κ3) is 4.40. The lowest BCUT2D eigenvalue weighted by Crippen LogP contribution is -2.26. The monoisotopic (exact) mass is 412 g/mol. The van der Waals surface area contributed by atoms with E-state index in [0.29, 0.717) is 18.2 Å². The predicted octanol–water partition coefficient (Wildman–Crippen LogP) is 3.96. The van der Waals surface area contributed by atoms with Crippen molar-refractivity contribution in [2.45, 2.75) is 31.7 Å². The highest BCUT2D eigenvalue weighted by molar-refractivity contribution is 6.08. The van der Waals surface area contributed by atoms with Crippen LogP contribution in [0.3, 0.4) is 0 Å². The number of pyridine rings is 2. The number of carbonyl (C=O) groups is 1. The topological polar surface area (TPSA) is 95.6 Å². The van der Waals surface area contributed by atoms with Crippen LogP contribution in [0.15, 0.2) is 61.3 Å². The quantitative estimate of drug-likeness (QED) is 0.381. The number of hydrogen-bond donors (Lipinski definition) is 3. The van der Waals surface area contributed by atoms with Gasteiger partial charge in [-0.2, -0.15) is 5.10 Å². The number of rotatable bonds is 8. The Balaban J connectivity index is 1.38. The average molecular weight is 412 g/mol. The van der Waals surface area contributed by atoms with Crippen LogP contribution in [0.25, 0.3) is 22.0 Å². The number of nitrogens with one attached hydrogen (secondary N) is 3. The third-order valence-corrected chi connectivity index (χ3v) is 5.55. The molecule has 0 radical (unpaired) electrons. The van der Waals surface area contributed by atoms with Gasteiger partial charge >= 0.3 is 0 Å². The van der Waals surface area contributed by atoms with Gasteiger partial charge in [0, 0.05) is 48.3 Å². The zero-order chi connectivity index (χ0) is 21.0. The second-order valence-electron chi connectivity index (χ2n) is 7.90. The van der Waals surface area contributed by atoms with Crippen molar-refractivity contribution in [1.29, 1.82) is 0 Å². The molecule has 5 rings (SSSR count). The minimum atomic E-state index is -0.0963. The zero-order valence-corrected chi connectivity index (χ0v) is 17.1. The van der Waals surface area contributed by atoms with Crippen LogP contribution in [0.1, 0.15) is 35.2 Å². The molecule has 3 N–H and O–H groups in total. The summed E-state index contributed by atoms with van der Waals surface area (Å²) in [6, 6.07) is 10.5. The molecule has 4 aromatic rings. The van der Waals surface area contributed by atoms with Crippen molar-refractivity contribution in [2.75, 3.05) is 11.9 Å². The average Bonchev–Trinajstić information content (AvgIpc) is 3.45. The summed E-state index contributed by atoms with van der Waals surface area (Å²) in [5.74, 6) is -0.0963. The molecule has 0 atom stereocenters. The van der Waals surface area contributed by atoms with Crippen LogP contribution in [0.5, 0.6) is 0 Å². The van der Waals surface area contributed by atoms with E-state index in [1.165, 1.54) is 5.56 Å². The lowest BCUT2D eigenvalue weighted by atomic mass is 10.0. The highest BCUT2D eigenvalue weighted by Crippen LogP contribution is 2.34. The van der Waals surface area contributed by atoms with Crippen LogP contribution in [-0.2, 0) is 6.42 Å². The lowest BCUT2D eigenvalue weighted by molar-refractivity contribution is 0.0954. The molecule has 0 unspecified atom stereocenters. The van der Waals surface area contributed by atoms with Crippen molar-refractivity contribution in [2.24, 2.45) is 0 Å². The van der Waals surface area contributed by atoms with Gasteiger partial charge in [-0.25, -0.2) is 0 Å². The Kier molecular flexibility index (Phi) is 5.31. The van der Waals surface area contributed by atoms with Gasteiger partial charge in [-0.05, 0) is 61.1 Å². The van der Waals surface area contributed by atoms with Crippen molar-refractivity contribution in [3.8, 4) is 11.1 Å². The fraction of sp³-hybridized carbons (Fsp3) is 0.250. The van der Waals surface area contributed by atoms with Gasteiger partial charge in [0.1, 0.15) is 0 Å². The Morgan fingerprint density at radius 2 is 1.97 bits per heavy atom. The molecule has 1 fully saturated rings. The van der Waals surface area contributed by atoms with Gasteiger partial charge in [0.15, 0.2) is 0 Å². The molecule has 1 aliphatic rings. The van der Waals surface area contributed by atoms with Gasteiger partial charge in [-0.1, -0.05) is 6.07 Å². The van der Waals surface area contributed by atoms with Crippen LogP contribution in [0, 0.1) is 0 Å². The largest absolute Gasteiger partial charge is 0.381 e. The number of amides is 1. The molecule has 3 heterocycles. The van der Waals surface area contributed by atoms with E-state index in [-0.39, 0.29) is 5.91 Å². The molecular weight excluding hydrogens is 388 g/mol. The van der Waals surface area contributed by atoms with Gasteiger partial charge < -0.3 is 10.6 Å². The van der Waals surface area contributed by atoms with Crippen LogP contribution in [0.4, 0.5) is 5.69 Å². The summed E-state index contributed by atoms with van der Waals surface area (Å²) in [5, 5.41) is 14.5. The van der Waals surface area contributed by atoms with E-state index in [9.17, 15) is 4.79 Å². The lowest BCUT2D eigenvalue weighted by Gasteiger charge is -2.15. The molecule has 3 aromatic heterocycles. The number of aromatic nitrogens is 4. The number of benzene rings is 1. The van der Waals surface area contributed by atoms with E-state index in [1.54, 1.807) is 24.8 Å². The molecule has 1 aliphatic carbocycles. The molecule has 0 spiro atoms. The molecule has 31 heavy (non-hydrogen) atoms. The Bertz CT molecular complexity index is 1190. The Morgan fingerprint density at radius 1 is 1.10 bits per heavy atom. The highest BCUT2D eigenvalue weighted by atomic mass is 16.1. The van der Waals surface area contributed by atoms with Gasteiger partial charge in [-0.3, -0.25) is 19.9 Å². The first-order valence-electron chi connectivity index (χ1n) is 10.6. The van der Waals surface area contributed by atoms with Crippen molar-refractivity contribution in [3.05, 3.63) is 72.4 Å². The minimum absolute atomic E-state index is 0.0963. The first kappa shape index (κ1) is 19.2. The second-order valence-corrected chi connectivity index (χ2v) is 7.90. The van der Waals surface area contributed by atoms with Crippen molar-refractivity contribution in [1.82, 2.24) is 25.5 Å². The standard InChI is InChI=1S/C24H24N6O/c31-24(26-9-1-2-16-7-10-25-11-8-16)21-15-27-22-6-3-17(18-13-28-29-14-18)12-20(22)23(21)30-19-4-5-19/h3,6-8,10-15,19H,1-2,4-5,9H2,(H,26,31)(H,27,30)(H,28,29). The van der Waals surface area contributed by atoms with E-state index in [4.69, 9.17) is 0 Å². The molecule has 1 aromatic carbocycles. The maximum absolute atomic E-state index is 13.0. The number of aromatic amines is 1. The molecule has 0 saturated heterocycles. The summed E-state index contributed by atoms with van der Waals surface area (Å²) < 4.78 is 0. The molecule has 7 heteroatoms. The van der Waals surface area contributed by atoms with E-state index in [1.807, 2.05) is 30.5 Å². The first-order valence-corrected chi connectivity index (χ1v) is 10.6. The summed E-state index contributed by atoms with van der Waals surface area (Å²) in [6.45, 7) is 0.608. The number of anilines is 1. The Labute approximate surface area is 180 Å². The smallest absolute Gasteiger partial charge is 0.254 e. The van der Waals surface area contributed by atoms with E-state index in [2.05, 4.69) is 36.9 Å². The van der Waals surface area contributed by atoms with Crippen LogP contribution in [0.2, 0.25) is 0 Å². The fourth-order valence-electron chi connectivity index (χ4n) is 3.68. The Hall–Kier alpha value is -3.74. The van der Waals surface area contributed by atoms with Crippen molar-refractivity contribution in [3.63, 3.8) is 0 Å². The molecular formula is C24H24N6O. The van der Waals surface area contributed by atoms with Gasteiger partial charge in [0.05, 0.1) is 23.0 Å². The number of nitrogens with zero attached hydrogens (tertiary/aromatic N) is 3. The minimum Gasteiger partial charge on any atom is -0.381 e. The fourth-order valence-corrected chi connectivity index (χ4v) is 3.68. The second kappa shape index (κ2) is 8.55. The number of carbonyl (C=O) groups excluding carboxylic acids is 1. The van der Waals surface area contributed by atoms with Crippen LogP contribution in [-0.4, -0.2) is 38.7 Å². The number of fused-ring (bicyclic) bond motifs is 1. The van der Waals surface area contributed by atoms with E-state index >= 15 is 0 Å². The number of aryl methyl sites for hydroxylation is 1. The molecule has 1 amide bonds. The number of H-pyrrole nitrogens is 1. The van der Waals surface area contributed by atoms with E-state index < -0.39 is 0 Å². The predicted molar refractivity (Wildman–Crippen MR) is 121 cm³/mol. The SMILES string of the molecule is O=C(NCCCc1ccncc1)c1cnc2ccc(-c3cn[nH]c3)cc2c1NC1CC1. The van der Waals surface area contributed by atoms with Crippen molar-refractivity contribution < 1.29 is 4.79 Å². The number of hydrogen-bond acceptors (Lipinski definition) is 5. The summed E-state index contributed by atoms with van der Waals surface area (Å²) in [7, 11) is 0. The summed E-state index contributed by atoms with van der Waals surface area (Å²) in [4.78, 5) is 21.6.